The van der Waals surface area contributed by atoms with Crippen molar-refractivity contribution in [2.75, 3.05) is 13.6 Å². The zero-order chi connectivity index (χ0) is 10.1. The third-order valence-corrected chi connectivity index (χ3v) is 3.85. The lowest BCUT2D eigenvalue weighted by molar-refractivity contribution is 0.429. The van der Waals surface area contributed by atoms with Crippen LogP contribution in [0, 0.1) is 6.92 Å². The molecule has 0 fully saturated rings. The summed E-state index contributed by atoms with van der Waals surface area (Å²) in [5, 5.41) is 3.24. The molecule has 1 aliphatic rings. The second kappa shape index (κ2) is 4.03. The molecular weight excluding hydrogens is 242 g/mol. The second-order valence-electron chi connectivity index (χ2n) is 3.89. The largest absolute Gasteiger partial charge is 0.322 e. The Kier molecular flexibility index (Phi) is 2.93. The van der Waals surface area contributed by atoms with Gasteiger partial charge < -0.3 is 9.88 Å². The van der Waals surface area contributed by atoms with E-state index in [2.05, 4.69) is 37.7 Å². The van der Waals surface area contributed by atoms with Gasteiger partial charge in [-0.15, -0.1) is 0 Å². The van der Waals surface area contributed by atoms with E-state index in [0.717, 1.165) is 23.4 Å². The quantitative estimate of drug-likeness (QED) is 0.879. The number of aromatic nitrogens is 2. The zero-order valence-corrected chi connectivity index (χ0v) is 10.3. The van der Waals surface area contributed by atoms with Crippen LogP contribution in [0.1, 0.15) is 30.3 Å². The van der Waals surface area contributed by atoms with Gasteiger partial charge in [-0.1, -0.05) is 0 Å². The van der Waals surface area contributed by atoms with Crippen LogP contribution < -0.4 is 5.32 Å². The Hall–Kier alpha value is -0.350. The van der Waals surface area contributed by atoms with Gasteiger partial charge in [-0.25, -0.2) is 4.98 Å². The maximum atomic E-state index is 4.63. The molecule has 0 radical (unpaired) electrons. The highest BCUT2D eigenvalue weighted by atomic mass is 79.9. The minimum absolute atomic E-state index is 0.582. The first kappa shape index (κ1) is 10.2. The van der Waals surface area contributed by atoms with Crippen molar-refractivity contribution in [1.29, 1.82) is 0 Å². The summed E-state index contributed by atoms with van der Waals surface area (Å²) in [6, 6.07) is 0. The zero-order valence-electron chi connectivity index (χ0n) is 8.68. The van der Waals surface area contributed by atoms with Crippen molar-refractivity contribution in [3.8, 4) is 0 Å². The minimum atomic E-state index is 0.582. The molecule has 0 aliphatic carbocycles. The SMILES string of the molecule is CNCC1CCCn2c1nc(C)c2Br. The van der Waals surface area contributed by atoms with Gasteiger partial charge in [-0.3, -0.25) is 0 Å². The summed E-state index contributed by atoms with van der Waals surface area (Å²) in [5.41, 5.74) is 1.11. The van der Waals surface area contributed by atoms with E-state index in [-0.39, 0.29) is 0 Å². The fourth-order valence-electron chi connectivity index (χ4n) is 2.16. The Labute approximate surface area is 93.0 Å². The van der Waals surface area contributed by atoms with Gasteiger partial charge in [0.1, 0.15) is 10.4 Å². The van der Waals surface area contributed by atoms with Gasteiger partial charge in [-0.2, -0.15) is 0 Å². The molecule has 3 nitrogen and oxygen atoms in total. The van der Waals surface area contributed by atoms with Crippen molar-refractivity contribution < 1.29 is 0 Å². The molecule has 0 bridgehead atoms. The van der Waals surface area contributed by atoms with Gasteiger partial charge in [0.05, 0.1) is 5.69 Å². The molecule has 2 rings (SSSR count). The fraction of sp³-hybridized carbons (Fsp3) is 0.700. The Morgan fingerprint density at radius 3 is 3.14 bits per heavy atom. The molecule has 0 aromatic carbocycles. The van der Waals surface area contributed by atoms with E-state index in [1.54, 1.807) is 0 Å². The second-order valence-corrected chi connectivity index (χ2v) is 4.65. The van der Waals surface area contributed by atoms with Crippen molar-refractivity contribution in [2.45, 2.75) is 32.2 Å². The van der Waals surface area contributed by atoms with Gasteiger partial charge in [0, 0.05) is 19.0 Å². The van der Waals surface area contributed by atoms with E-state index in [1.807, 2.05) is 7.05 Å². The third kappa shape index (κ3) is 1.61. The normalized spacial score (nSPS) is 20.9. The van der Waals surface area contributed by atoms with Crippen LogP contribution in [0.25, 0.3) is 0 Å². The standard InChI is InChI=1S/C10H16BrN3/c1-7-9(11)14-5-3-4-8(6-12-2)10(14)13-7/h8,12H,3-6H2,1-2H3. The van der Waals surface area contributed by atoms with Gasteiger partial charge in [0.25, 0.3) is 0 Å². The first-order chi connectivity index (χ1) is 6.74. The van der Waals surface area contributed by atoms with Crippen LogP contribution >= 0.6 is 15.9 Å². The molecule has 0 spiro atoms. The molecule has 1 aliphatic heterocycles. The van der Waals surface area contributed by atoms with Crippen molar-refractivity contribution in [1.82, 2.24) is 14.9 Å². The predicted octanol–water partition coefficient (Wildman–Crippen LogP) is 2.05. The molecule has 0 amide bonds. The van der Waals surface area contributed by atoms with Gasteiger partial charge >= 0.3 is 0 Å². The van der Waals surface area contributed by atoms with Crippen molar-refractivity contribution >= 4 is 15.9 Å². The maximum Gasteiger partial charge on any atom is 0.114 e. The lowest BCUT2D eigenvalue weighted by atomic mass is 9.99. The number of aryl methyl sites for hydroxylation is 1. The molecule has 1 unspecified atom stereocenters. The number of halogens is 1. The Morgan fingerprint density at radius 1 is 1.64 bits per heavy atom. The van der Waals surface area contributed by atoms with Crippen LogP contribution in [0.4, 0.5) is 0 Å². The van der Waals surface area contributed by atoms with Crippen molar-refractivity contribution in [3.63, 3.8) is 0 Å². The minimum Gasteiger partial charge on any atom is -0.322 e. The number of hydrogen-bond donors (Lipinski definition) is 1. The molecular formula is C10H16BrN3. The van der Waals surface area contributed by atoms with Crippen LogP contribution in [0.15, 0.2) is 4.60 Å². The Bertz CT molecular complexity index is 332. The van der Waals surface area contributed by atoms with E-state index >= 15 is 0 Å². The van der Waals surface area contributed by atoms with Crippen LogP contribution in [0.5, 0.6) is 0 Å². The van der Waals surface area contributed by atoms with E-state index < -0.39 is 0 Å². The summed E-state index contributed by atoms with van der Waals surface area (Å²) in [5.74, 6) is 1.83. The summed E-state index contributed by atoms with van der Waals surface area (Å²) in [6.45, 7) is 4.20. The number of fused-ring (bicyclic) bond motifs is 1. The first-order valence-electron chi connectivity index (χ1n) is 5.11. The van der Waals surface area contributed by atoms with E-state index in [9.17, 15) is 0 Å². The van der Waals surface area contributed by atoms with Gasteiger partial charge in [-0.05, 0) is 42.7 Å². The molecule has 2 heterocycles. The van der Waals surface area contributed by atoms with Crippen LogP contribution in [0.2, 0.25) is 0 Å². The molecule has 0 saturated carbocycles. The number of likely N-dealkylation sites (N-methyl/N-ethyl adjacent to an activating group) is 1. The summed E-state index contributed by atoms with van der Waals surface area (Å²) < 4.78 is 3.47. The van der Waals surface area contributed by atoms with E-state index in [0.29, 0.717) is 5.92 Å². The van der Waals surface area contributed by atoms with Crippen LogP contribution in [-0.2, 0) is 6.54 Å². The third-order valence-electron chi connectivity index (χ3n) is 2.84. The average molecular weight is 258 g/mol. The predicted molar refractivity (Wildman–Crippen MR) is 60.6 cm³/mol. The summed E-state index contributed by atoms with van der Waals surface area (Å²) >= 11 is 3.59. The topological polar surface area (TPSA) is 29.9 Å². The fourth-order valence-corrected chi connectivity index (χ4v) is 2.61. The number of rotatable bonds is 2. The highest BCUT2D eigenvalue weighted by molar-refractivity contribution is 9.10. The van der Waals surface area contributed by atoms with Gasteiger partial charge in [0.2, 0.25) is 0 Å². The first-order valence-corrected chi connectivity index (χ1v) is 5.90. The highest BCUT2D eigenvalue weighted by Gasteiger charge is 2.24. The summed E-state index contributed by atoms with van der Waals surface area (Å²) in [4.78, 5) is 4.63. The smallest absolute Gasteiger partial charge is 0.114 e. The van der Waals surface area contributed by atoms with E-state index in [4.69, 9.17) is 0 Å². The van der Waals surface area contributed by atoms with Crippen LogP contribution in [-0.4, -0.2) is 23.1 Å². The van der Waals surface area contributed by atoms with Crippen molar-refractivity contribution in [3.05, 3.63) is 16.1 Å². The average Bonchev–Trinajstić information content (AvgIpc) is 2.46. The maximum absolute atomic E-state index is 4.63. The summed E-state index contributed by atoms with van der Waals surface area (Å²) in [6.07, 6.45) is 2.51. The molecule has 1 aromatic heterocycles. The molecule has 1 atom stereocenters. The highest BCUT2D eigenvalue weighted by Crippen LogP contribution is 2.30. The van der Waals surface area contributed by atoms with Gasteiger partial charge in [0.15, 0.2) is 0 Å². The number of nitrogens with one attached hydrogen (secondary N) is 1. The molecule has 0 saturated heterocycles. The summed E-state index contributed by atoms with van der Waals surface area (Å²) in [7, 11) is 2.00. The number of imidazole rings is 1. The Morgan fingerprint density at radius 2 is 2.43 bits per heavy atom. The van der Waals surface area contributed by atoms with Crippen LogP contribution in [0.3, 0.4) is 0 Å². The molecule has 78 valence electrons. The molecule has 4 heteroatoms. The Balaban J connectivity index is 2.34. The van der Waals surface area contributed by atoms with Crippen molar-refractivity contribution in [2.24, 2.45) is 0 Å². The molecule has 14 heavy (non-hydrogen) atoms. The lowest BCUT2D eigenvalue weighted by Crippen LogP contribution is -2.24. The lowest BCUT2D eigenvalue weighted by Gasteiger charge is -2.23. The van der Waals surface area contributed by atoms with E-state index in [1.165, 1.54) is 18.7 Å². The monoisotopic (exact) mass is 257 g/mol. The molecule has 1 aromatic rings. The molecule has 1 N–H and O–H groups in total. The number of hydrogen-bond acceptors (Lipinski definition) is 2. The number of nitrogens with zero attached hydrogens (tertiary/aromatic N) is 2.